The molecule has 2 N–H and O–H groups in total. The molecule has 1 saturated heterocycles. The number of benzene rings is 1. The SMILES string of the molecule is CN(C)C1CCN(C(=O)CCOc2ccc(N)cc2)C1. The third-order valence-electron chi connectivity index (χ3n) is 3.71. The van der Waals surface area contributed by atoms with Crippen molar-refractivity contribution >= 4 is 11.6 Å². The molecule has 1 aromatic carbocycles. The Morgan fingerprint density at radius 1 is 1.40 bits per heavy atom. The fourth-order valence-corrected chi connectivity index (χ4v) is 2.37. The van der Waals surface area contributed by atoms with E-state index in [9.17, 15) is 4.79 Å². The number of anilines is 1. The first-order chi connectivity index (χ1) is 9.56. The molecule has 20 heavy (non-hydrogen) atoms. The molecule has 1 atom stereocenters. The molecule has 110 valence electrons. The molecule has 0 aromatic heterocycles. The molecule has 0 spiro atoms. The van der Waals surface area contributed by atoms with Crippen molar-refractivity contribution < 1.29 is 9.53 Å². The summed E-state index contributed by atoms with van der Waals surface area (Å²) in [6.07, 6.45) is 1.47. The maximum atomic E-state index is 12.1. The number of nitrogens with two attached hydrogens (primary N) is 1. The van der Waals surface area contributed by atoms with Crippen LogP contribution in [0.25, 0.3) is 0 Å². The second-order valence-corrected chi connectivity index (χ2v) is 5.41. The summed E-state index contributed by atoms with van der Waals surface area (Å²) in [5.41, 5.74) is 6.31. The summed E-state index contributed by atoms with van der Waals surface area (Å²) in [7, 11) is 4.12. The lowest BCUT2D eigenvalue weighted by atomic mass is 10.2. The van der Waals surface area contributed by atoms with Crippen LogP contribution >= 0.6 is 0 Å². The fraction of sp³-hybridized carbons (Fsp3) is 0.533. The van der Waals surface area contributed by atoms with E-state index < -0.39 is 0 Å². The zero-order valence-electron chi connectivity index (χ0n) is 12.2. The summed E-state index contributed by atoms with van der Waals surface area (Å²) in [4.78, 5) is 16.2. The topological polar surface area (TPSA) is 58.8 Å². The zero-order chi connectivity index (χ0) is 14.5. The molecular formula is C15H23N3O2. The van der Waals surface area contributed by atoms with Gasteiger partial charge in [-0.05, 0) is 44.8 Å². The minimum absolute atomic E-state index is 0.171. The monoisotopic (exact) mass is 277 g/mol. The van der Waals surface area contributed by atoms with Crippen LogP contribution in [0.3, 0.4) is 0 Å². The minimum atomic E-state index is 0.171. The normalized spacial score (nSPS) is 18.6. The van der Waals surface area contributed by atoms with Crippen molar-refractivity contribution in [3.63, 3.8) is 0 Å². The summed E-state index contributed by atoms with van der Waals surface area (Å²) in [6, 6.07) is 7.70. The number of amides is 1. The Bertz CT molecular complexity index is 445. The zero-order valence-corrected chi connectivity index (χ0v) is 12.2. The van der Waals surface area contributed by atoms with Crippen LogP contribution in [0.1, 0.15) is 12.8 Å². The Kier molecular flexibility index (Phi) is 4.84. The van der Waals surface area contributed by atoms with E-state index in [1.54, 1.807) is 12.1 Å². The molecule has 1 aliphatic rings. The molecule has 0 aliphatic carbocycles. The summed E-state index contributed by atoms with van der Waals surface area (Å²) < 4.78 is 5.55. The van der Waals surface area contributed by atoms with Crippen LogP contribution in [0.2, 0.25) is 0 Å². The Balaban J connectivity index is 1.72. The van der Waals surface area contributed by atoms with Gasteiger partial charge in [-0.2, -0.15) is 0 Å². The largest absolute Gasteiger partial charge is 0.493 e. The van der Waals surface area contributed by atoms with E-state index in [4.69, 9.17) is 10.5 Å². The van der Waals surface area contributed by atoms with Crippen molar-refractivity contribution in [1.29, 1.82) is 0 Å². The van der Waals surface area contributed by atoms with Crippen LogP contribution in [0.4, 0.5) is 5.69 Å². The number of rotatable bonds is 5. The van der Waals surface area contributed by atoms with E-state index in [1.807, 2.05) is 17.0 Å². The van der Waals surface area contributed by atoms with Crippen molar-refractivity contribution in [3.8, 4) is 5.75 Å². The lowest BCUT2D eigenvalue weighted by molar-refractivity contribution is -0.130. The third kappa shape index (κ3) is 3.87. The van der Waals surface area contributed by atoms with Crippen LogP contribution in [0.5, 0.6) is 5.75 Å². The molecule has 2 rings (SSSR count). The summed E-state index contributed by atoms with van der Waals surface area (Å²) in [6.45, 7) is 2.09. The van der Waals surface area contributed by atoms with Crippen molar-refractivity contribution in [2.45, 2.75) is 18.9 Å². The van der Waals surface area contributed by atoms with E-state index in [0.29, 0.717) is 24.8 Å². The van der Waals surface area contributed by atoms with E-state index in [2.05, 4.69) is 19.0 Å². The van der Waals surface area contributed by atoms with Gasteiger partial charge >= 0.3 is 0 Å². The second kappa shape index (κ2) is 6.61. The number of carbonyl (C=O) groups is 1. The van der Waals surface area contributed by atoms with Gasteiger partial charge in [-0.3, -0.25) is 4.79 Å². The quantitative estimate of drug-likeness (QED) is 0.822. The minimum Gasteiger partial charge on any atom is -0.493 e. The smallest absolute Gasteiger partial charge is 0.226 e. The Labute approximate surface area is 120 Å². The highest BCUT2D eigenvalue weighted by atomic mass is 16.5. The molecule has 5 heteroatoms. The van der Waals surface area contributed by atoms with E-state index in [1.165, 1.54) is 0 Å². The van der Waals surface area contributed by atoms with E-state index in [0.717, 1.165) is 25.3 Å². The van der Waals surface area contributed by atoms with Gasteiger partial charge in [-0.25, -0.2) is 0 Å². The van der Waals surface area contributed by atoms with Crippen LogP contribution in [-0.4, -0.2) is 55.5 Å². The van der Waals surface area contributed by atoms with Crippen LogP contribution in [-0.2, 0) is 4.79 Å². The van der Waals surface area contributed by atoms with Gasteiger partial charge in [0.2, 0.25) is 5.91 Å². The average molecular weight is 277 g/mol. The molecule has 0 radical (unpaired) electrons. The first kappa shape index (κ1) is 14.7. The van der Waals surface area contributed by atoms with Gasteiger partial charge in [-0.1, -0.05) is 0 Å². The molecule has 5 nitrogen and oxygen atoms in total. The van der Waals surface area contributed by atoms with Crippen molar-refractivity contribution in [2.24, 2.45) is 0 Å². The fourth-order valence-electron chi connectivity index (χ4n) is 2.37. The maximum Gasteiger partial charge on any atom is 0.226 e. The highest BCUT2D eigenvalue weighted by molar-refractivity contribution is 5.76. The first-order valence-electron chi connectivity index (χ1n) is 6.99. The van der Waals surface area contributed by atoms with Gasteiger partial charge < -0.3 is 20.3 Å². The number of hydrogen-bond donors (Lipinski definition) is 1. The van der Waals surface area contributed by atoms with Gasteiger partial charge in [0.25, 0.3) is 0 Å². The molecule has 0 saturated carbocycles. The molecule has 1 unspecified atom stereocenters. The van der Waals surface area contributed by atoms with Crippen LogP contribution < -0.4 is 10.5 Å². The highest BCUT2D eigenvalue weighted by Gasteiger charge is 2.26. The van der Waals surface area contributed by atoms with Gasteiger partial charge in [-0.15, -0.1) is 0 Å². The maximum absolute atomic E-state index is 12.1. The van der Waals surface area contributed by atoms with E-state index >= 15 is 0 Å². The standard InChI is InChI=1S/C15H23N3O2/c1-17(2)13-7-9-18(11-13)15(19)8-10-20-14-5-3-12(16)4-6-14/h3-6,13H,7-11,16H2,1-2H3. The molecular weight excluding hydrogens is 254 g/mol. The lowest BCUT2D eigenvalue weighted by Crippen LogP contribution is -2.34. The van der Waals surface area contributed by atoms with Crippen LogP contribution in [0, 0.1) is 0 Å². The van der Waals surface area contributed by atoms with Crippen molar-refractivity contribution in [3.05, 3.63) is 24.3 Å². The molecule has 1 fully saturated rings. The van der Waals surface area contributed by atoms with Gasteiger partial charge in [0.15, 0.2) is 0 Å². The number of likely N-dealkylation sites (N-methyl/N-ethyl adjacent to an activating group) is 1. The van der Waals surface area contributed by atoms with Crippen LogP contribution in [0.15, 0.2) is 24.3 Å². The number of likely N-dealkylation sites (tertiary alicyclic amines) is 1. The summed E-state index contributed by atoms with van der Waals surface area (Å²) in [5.74, 6) is 0.921. The van der Waals surface area contributed by atoms with Crippen molar-refractivity contribution in [1.82, 2.24) is 9.80 Å². The molecule has 1 amide bonds. The van der Waals surface area contributed by atoms with Gasteiger partial charge in [0.1, 0.15) is 5.75 Å². The lowest BCUT2D eigenvalue weighted by Gasteiger charge is -2.20. The number of carbonyl (C=O) groups excluding carboxylic acids is 1. The summed E-state index contributed by atoms with van der Waals surface area (Å²) in [5, 5.41) is 0. The Morgan fingerprint density at radius 3 is 2.70 bits per heavy atom. The van der Waals surface area contributed by atoms with Gasteiger partial charge in [0, 0.05) is 24.8 Å². The number of ether oxygens (including phenoxy) is 1. The first-order valence-corrected chi connectivity index (χ1v) is 6.99. The third-order valence-corrected chi connectivity index (χ3v) is 3.71. The Hall–Kier alpha value is -1.75. The van der Waals surface area contributed by atoms with E-state index in [-0.39, 0.29) is 5.91 Å². The number of nitrogen functional groups attached to an aromatic ring is 1. The molecule has 1 heterocycles. The molecule has 1 aliphatic heterocycles. The second-order valence-electron chi connectivity index (χ2n) is 5.41. The molecule has 1 aromatic rings. The predicted molar refractivity (Wildman–Crippen MR) is 79.6 cm³/mol. The number of hydrogen-bond acceptors (Lipinski definition) is 4. The van der Waals surface area contributed by atoms with Crippen molar-refractivity contribution in [2.75, 3.05) is 39.5 Å². The number of nitrogens with zero attached hydrogens (tertiary/aromatic N) is 2. The predicted octanol–water partition coefficient (Wildman–Crippen LogP) is 1.20. The van der Waals surface area contributed by atoms with Gasteiger partial charge in [0.05, 0.1) is 13.0 Å². The highest BCUT2D eigenvalue weighted by Crippen LogP contribution is 2.16. The Morgan fingerprint density at radius 2 is 2.10 bits per heavy atom. The molecule has 0 bridgehead atoms. The summed E-state index contributed by atoms with van der Waals surface area (Å²) >= 11 is 0. The average Bonchev–Trinajstić information content (AvgIpc) is 2.91.